The standard InChI is InChI=1S/C18H16N2O/c19-17(15-11-21-16-9-2-1-7-13(15)16)14-8-3-5-12-6-4-10-20-18(12)14/h1-10,15,17H,11,19H2. The predicted molar refractivity (Wildman–Crippen MR) is 83.3 cm³/mol. The van der Waals surface area contributed by atoms with Gasteiger partial charge in [0.1, 0.15) is 5.75 Å². The van der Waals surface area contributed by atoms with Crippen molar-refractivity contribution in [2.24, 2.45) is 5.73 Å². The third-order valence-electron chi connectivity index (χ3n) is 4.19. The summed E-state index contributed by atoms with van der Waals surface area (Å²) < 4.78 is 5.77. The van der Waals surface area contributed by atoms with E-state index in [1.54, 1.807) is 0 Å². The van der Waals surface area contributed by atoms with Gasteiger partial charge in [-0.05, 0) is 17.7 Å². The van der Waals surface area contributed by atoms with Crippen molar-refractivity contribution < 1.29 is 4.74 Å². The number of benzene rings is 2. The Balaban J connectivity index is 1.80. The molecule has 21 heavy (non-hydrogen) atoms. The molecule has 104 valence electrons. The van der Waals surface area contributed by atoms with Crippen LogP contribution in [0.25, 0.3) is 10.9 Å². The van der Waals surface area contributed by atoms with Gasteiger partial charge in [-0.2, -0.15) is 0 Å². The van der Waals surface area contributed by atoms with E-state index in [1.807, 2.05) is 36.5 Å². The first-order valence-corrected chi connectivity index (χ1v) is 7.15. The highest BCUT2D eigenvalue weighted by Crippen LogP contribution is 2.41. The molecule has 0 radical (unpaired) electrons. The lowest BCUT2D eigenvalue weighted by Gasteiger charge is -2.20. The van der Waals surface area contributed by atoms with E-state index in [9.17, 15) is 0 Å². The number of fused-ring (bicyclic) bond motifs is 2. The van der Waals surface area contributed by atoms with Crippen LogP contribution in [0, 0.1) is 0 Å². The first-order valence-electron chi connectivity index (χ1n) is 7.15. The van der Waals surface area contributed by atoms with Gasteiger partial charge in [0, 0.05) is 29.1 Å². The van der Waals surface area contributed by atoms with Gasteiger partial charge in [-0.15, -0.1) is 0 Å². The van der Waals surface area contributed by atoms with Crippen LogP contribution in [0.15, 0.2) is 60.8 Å². The fourth-order valence-electron chi connectivity index (χ4n) is 3.10. The van der Waals surface area contributed by atoms with Crippen LogP contribution in [0.3, 0.4) is 0 Å². The molecule has 0 aliphatic carbocycles. The predicted octanol–water partition coefficient (Wildman–Crippen LogP) is 3.41. The van der Waals surface area contributed by atoms with Crippen LogP contribution >= 0.6 is 0 Å². The summed E-state index contributed by atoms with van der Waals surface area (Å²) in [4.78, 5) is 4.51. The Bertz CT molecular complexity index is 795. The van der Waals surface area contributed by atoms with Crippen molar-refractivity contribution in [2.75, 3.05) is 6.61 Å². The molecule has 3 heteroatoms. The van der Waals surface area contributed by atoms with Gasteiger partial charge in [-0.25, -0.2) is 0 Å². The minimum Gasteiger partial charge on any atom is -0.493 e. The van der Waals surface area contributed by atoms with E-state index in [-0.39, 0.29) is 12.0 Å². The van der Waals surface area contributed by atoms with Gasteiger partial charge >= 0.3 is 0 Å². The highest BCUT2D eigenvalue weighted by Gasteiger charge is 2.30. The summed E-state index contributed by atoms with van der Waals surface area (Å²) in [7, 11) is 0. The van der Waals surface area contributed by atoms with Crippen LogP contribution in [0.5, 0.6) is 5.75 Å². The molecule has 2 N–H and O–H groups in total. The fraction of sp³-hybridized carbons (Fsp3) is 0.167. The van der Waals surface area contributed by atoms with Gasteiger partial charge in [0.05, 0.1) is 12.1 Å². The Morgan fingerprint density at radius 3 is 2.86 bits per heavy atom. The quantitative estimate of drug-likeness (QED) is 0.780. The third kappa shape index (κ3) is 1.98. The van der Waals surface area contributed by atoms with E-state index in [0.29, 0.717) is 6.61 Å². The molecular formula is C18H16N2O. The summed E-state index contributed by atoms with van der Waals surface area (Å²) in [5, 5.41) is 1.12. The molecule has 0 saturated carbocycles. The van der Waals surface area contributed by atoms with E-state index >= 15 is 0 Å². The Kier molecular flexibility index (Phi) is 2.86. The zero-order valence-corrected chi connectivity index (χ0v) is 11.6. The average Bonchev–Trinajstić information content (AvgIpc) is 2.98. The number of pyridine rings is 1. The smallest absolute Gasteiger partial charge is 0.122 e. The molecule has 4 rings (SSSR count). The lowest BCUT2D eigenvalue weighted by molar-refractivity contribution is 0.315. The molecule has 0 fully saturated rings. The number of nitrogens with zero attached hydrogens (tertiary/aromatic N) is 1. The van der Waals surface area contributed by atoms with Crippen LogP contribution in [0.2, 0.25) is 0 Å². The summed E-state index contributed by atoms with van der Waals surface area (Å²) in [6, 6.07) is 18.2. The third-order valence-corrected chi connectivity index (χ3v) is 4.19. The van der Waals surface area contributed by atoms with Crippen LogP contribution in [-0.2, 0) is 0 Å². The number of ether oxygens (including phenoxy) is 1. The summed E-state index contributed by atoms with van der Waals surface area (Å²) in [6.45, 7) is 0.629. The topological polar surface area (TPSA) is 48.1 Å². The second-order valence-corrected chi connectivity index (χ2v) is 5.40. The lowest BCUT2D eigenvalue weighted by Crippen LogP contribution is -2.21. The van der Waals surface area contributed by atoms with Crippen LogP contribution < -0.4 is 10.5 Å². The van der Waals surface area contributed by atoms with Gasteiger partial charge in [0.25, 0.3) is 0 Å². The van der Waals surface area contributed by atoms with Crippen molar-refractivity contribution in [3.63, 3.8) is 0 Å². The molecule has 3 aromatic rings. The van der Waals surface area contributed by atoms with E-state index in [1.165, 1.54) is 5.56 Å². The molecule has 1 aliphatic rings. The molecule has 0 bridgehead atoms. The van der Waals surface area contributed by atoms with Gasteiger partial charge < -0.3 is 10.5 Å². The first kappa shape index (κ1) is 12.4. The number of hydrogen-bond donors (Lipinski definition) is 1. The lowest BCUT2D eigenvalue weighted by atomic mass is 9.88. The zero-order valence-electron chi connectivity index (χ0n) is 11.6. The van der Waals surface area contributed by atoms with E-state index in [0.717, 1.165) is 22.2 Å². The Morgan fingerprint density at radius 1 is 1.05 bits per heavy atom. The summed E-state index contributed by atoms with van der Waals surface area (Å²) in [5.74, 6) is 1.12. The SMILES string of the molecule is NC(c1cccc2cccnc12)C1COc2ccccc21. The number of aromatic nitrogens is 1. The monoisotopic (exact) mass is 276 g/mol. The second-order valence-electron chi connectivity index (χ2n) is 5.40. The maximum absolute atomic E-state index is 6.56. The Labute approximate surface area is 123 Å². The number of rotatable bonds is 2. The summed E-state index contributed by atoms with van der Waals surface area (Å²) in [6.07, 6.45) is 1.82. The molecule has 2 unspecified atom stereocenters. The fourth-order valence-corrected chi connectivity index (χ4v) is 3.10. The highest BCUT2D eigenvalue weighted by molar-refractivity contribution is 5.82. The van der Waals surface area contributed by atoms with Crippen LogP contribution in [0.4, 0.5) is 0 Å². The molecule has 0 amide bonds. The second kappa shape index (κ2) is 4.86. The van der Waals surface area contributed by atoms with Crippen molar-refractivity contribution in [3.05, 3.63) is 71.9 Å². The number of hydrogen-bond acceptors (Lipinski definition) is 3. The van der Waals surface area contributed by atoms with E-state index < -0.39 is 0 Å². The Morgan fingerprint density at radius 2 is 1.90 bits per heavy atom. The molecule has 1 aromatic heterocycles. The molecular weight excluding hydrogens is 260 g/mol. The van der Waals surface area contributed by atoms with Crippen LogP contribution in [-0.4, -0.2) is 11.6 Å². The normalized spacial score (nSPS) is 18.2. The molecule has 3 nitrogen and oxygen atoms in total. The van der Waals surface area contributed by atoms with Crippen molar-refractivity contribution in [3.8, 4) is 5.75 Å². The largest absolute Gasteiger partial charge is 0.493 e. The van der Waals surface area contributed by atoms with Crippen molar-refractivity contribution in [1.29, 1.82) is 0 Å². The minimum absolute atomic E-state index is 0.118. The molecule has 0 spiro atoms. The molecule has 2 aromatic carbocycles. The molecule has 2 heterocycles. The molecule has 2 atom stereocenters. The minimum atomic E-state index is -0.118. The van der Waals surface area contributed by atoms with Gasteiger partial charge in [0.2, 0.25) is 0 Å². The van der Waals surface area contributed by atoms with Crippen molar-refractivity contribution >= 4 is 10.9 Å². The number of para-hydroxylation sites is 2. The molecule has 1 aliphatic heterocycles. The van der Waals surface area contributed by atoms with E-state index in [4.69, 9.17) is 10.5 Å². The maximum Gasteiger partial charge on any atom is 0.122 e. The van der Waals surface area contributed by atoms with Gasteiger partial charge in [-0.1, -0.05) is 42.5 Å². The first-order chi connectivity index (χ1) is 10.3. The Hall–Kier alpha value is -2.39. The number of nitrogens with two attached hydrogens (primary N) is 1. The molecule has 0 saturated heterocycles. The summed E-state index contributed by atoms with van der Waals surface area (Å²) in [5.41, 5.74) is 9.82. The summed E-state index contributed by atoms with van der Waals surface area (Å²) >= 11 is 0. The maximum atomic E-state index is 6.56. The van der Waals surface area contributed by atoms with Gasteiger partial charge in [-0.3, -0.25) is 4.98 Å². The zero-order chi connectivity index (χ0) is 14.2. The van der Waals surface area contributed by atoms with Gasteiger partial charge in [0.15, 0.2) is 0 Å². The van der Waals surface area contributed by atoms with Crippen molar-refractivity contribution in [2.45, 2.75) is 12.0 Å². The van der Waals surface area contributed by atoms with Crippen molar-refractivity contribution in [1.82, 2.24) is 4.98 Å². The van der Waals surface area contributed by atoms with E-state index in [2.05, 4.69) is 29.2 Å². The van der Waals surface area contributed by atoms with Crippen LogP contribution in [0.1, 0.15) is 23.1 Å². The average molecular weight is 276 g/mol. The highest BCUT2D eigenvalue weighted by atomic mass is 16.5.